The van der Waals surface area contributed by atoms with Crippen LogP contribution in [0.1, 0.15) is 5.56 Å². The third-order valence-electron chi connectivity index (χ3n) is 1.63. The molecule has 2 N–H and O–H groups in total. The van der Waals surface area contributed by atoms with Gasteiger partial charge in [-0.05, 0) is 18.6 Å². The molecule has 0 bridgehead atoms. The van der Waals surface area contributed by atoms with E-state index in [2.05, 4.69) is 10.1 Å². The van der Waals surface area contributed by atoms with Gasteiger partial charge in [-0.2, -0.15) is 4.98 Å². The summed E-state index contributed by atoms with van der Waals surface area (Å²) in [6.45, 7) is 1.67. The molecule has 0 unspecified atom stereocenters. The van der Waals surface area contributed by atoms with Crippen LogP contribution in [0, 0.1) is 12.7 Å². The van der Waals surface area contributed by atoms with E-state index in [1.165, 1.54) is 10.7 Å². The van der Waals surface area contributed by atoms with Crippen molar-refractivity contribution in [2.45, 2.75) is 6.92 Å². The molecule has 2 rings (SSSR count). The van der Waals surface area contributed by atoms with Crippen LogP contribution in [-0.4, -0.2) is 14.6 Å². The normalized spacial score (nSPS) is 10.8. The van der Waals surface area contributed by atoms with Gasteiger partial charge in [-0.15, -0.1) is 5.10 Å². The number of nitrogen functional groups attached to an aromatic ring is 1. The van der Waals surface area contributed by atoms with Gasteiger partial charge in [0.2, 0.25) is 5.95 Å². The van der Waals surface area contributed by atoms with Crippen molar-refractivity contribution >= 4 is 11.6 Å². The lowest BCUT2D eigenvalue weighted by Crippen LogP contribution is -1.92. The number of pyridine rings is 1. The number of aryl methyl sites for hydroxylation is 1. The molecule has 12 heavy (non-hydrogen) atoms. The summed E-state index contributed by atoms with van der Waals surface area (Å²) in [5.41, 5.74) is 6.42. The van der Waals surface area contributed by atoms with E-state index >= 15 is 0 Å². The van der Waals surface area contributed by atoms with Crippen molar-refractivity contribution in [1.82, 2.24) is 14.6 Å². The fourth-order valence-corrected chi connectivity index (χ4v) is 1.02. The fourth-order valence-electron chi connectivity index (χ4n) is 1.02. The lowest BCUT2D eigenvalue weighted by molar-refractivity contribution is 0.605. The lowest BCUT2D eigenvalue weighted by Gasteiger charge is -1.94. The van der Waals surface area contributed by atoms with Gasteiger partial charge in [0, 0.05) is 0 Å². The Bertz CT molecular complexity index is 395. The molecule has 5 heteroatoms. The van der Waals surface area contributed by atoms with Gasteiger partial charge in [-0.3, -0.25) is 0 Å². The van der Waals surface area contributed by atoms with E-state index in [1.54, 1.807) is 13.0 Å². The molecule has 0 amide bonds. The van der Waals surface area contributed by atoms with Crippen LogP contribution in [0.4, 0.5) is 10.3 Å². The summed E-state index contributed by atoms with van der Waals surface area (Å²) >= 11 is 0. The molecule has 2 aromatic rings. The van der Waals surface area contributed by atoms with Gasteiger partial charge in [0.1, 0.15) is 5.82 Å². The van der Waals surface area contributed by atoms with Crippen molar-refractivity contribution in [1.29, 1.82) is 0 Å². The Morgan fingerprint density at radius 2 is 2.33 bits per heavy atom. The molecule has 0 fully saturated rings. The van der Waals surface area contributed by atoms with E-state index in [0.717, 1.165) is 0 Å². The maximum absolute atomic E-state index is 12.9. The first-order valence-electron chi connectivity index (χ1n) is 3.45. The second kappa shape index (κ2) is 2.17. The molecular formula is C7H7FN4. The van der Waals surface area contributed by atoms with Gasteiger partial charge in [0.05, 0.1) is 6.20 Å². The number of rotatable bonds is 0. The van der Waals surface area contributed by atoms with Crippen LogP contribution >= 0.6 is 0 Å². The Labute approximate surface area is 67.8 Å². The van der Waals surface area contributed by atoms with Gasteiger partial charge in [-0.25, -0.2) is 8.91 Å². The number of anilines is 1. The standard InChI is InChI=1S/C7H7FN4/c1-4-2-6-10-7(9)11-12(6)3-5(4)8/h2-3H,1H3,(H2,9,11). The zero-order chi connectivity index (χ0) is 8.72. The highest BCUT2D eigenvalue weighted by Gasteiger charge is 2.03. The number of hydrogen-bond donors (Lipinski definition) is 1. The Morgan fingerprint density at radius 1 is 1.58 bits per heavy atom. The van der Waals surface area contributed by atoms with Crippen LogP contribution in [0.3, 0.4) is 0 Å². The van der Waals surface area contributed by atoms with E-state index < -0.39 is 0 Å². The van der Waals surface area contributed by atoms with E-state index in [-0.39, 0.29) is 11.8 Å². The Hall–Kier alpha value is -1.65. The predicted molar refractivity (Wildman–Crippen MR) is 42.1 cm³/mol. The molecule has 62 valence electrons. The molecule has 0 saturated carbocycles. The summed E-state index contributed by atoms with van der Waals surface area (Å²) in [4.78, 5) is 3.88. The minimum Gasteiger partial charge on any atom is -0.366 e. The summed E-state index contributed by atoms with van der Waals surface area (Å²) in [7, 11) is 0. The smallest absolute Gasteiger partial charge is 0.240 e. The molecule has 0 atom stereocenters. The molecule has 0 aliphatic rings. The minimum absolute atomic E-state index is 0.153. The number of halogens is 1. The average molecular weight is 166 g/mol. The first kappa shape index (κ1) is 7.02. The highest BCUT2D eigenvalue weighted by Crippen LogP contribution is 2.09. The van der Waals surface area contributed by atoms with Crippen molar-refractivity contribution in [3.8, 4) is 0 Å². The van der Waals surface area contributed by atoms with Crippen molar-refractivity contribution in [2.24, 2.45) is 0 Å². The third kappa shape index (κ3) is 0.903. The highest BCUT2D eigenvalue weighted by molar-refractivity contribution is 5.43. The van der Waals surface area contributed by atoms with E-state index in [4.69, 9.17) is 5.73 Å². The largest absolute Gasteiger partial charge is 0.366 e. The van der Waals surface area contributed by atoms with Gasteiger partial charge < -0.3 is 5.73 Å². The third-order valence-corrected chi connectivity index (χ3v) is 1.63. The van der Waals surface area contributed by atoms with Crippen LogP contribution in [0.25, 0.3) is 5.65 Å². The quantitative estimate of drug-likeness (QED) is 0.628. The van der Waals surface area contributed by atoms with Gasteiger partial charge in [0.25, 0.3) is 0 Å². The molecule has 0 spiro atoms. The Balaban J connectivity index is 2.83. The number of fused-ring (bicyclic) bond motifs is 1. The van der Waals surface area contributed by atoms with E-state index in [1.807, 2.05) is 0 Å². The number of aromatic nitrogens is 3. The zero-order valence-electron chi connectivity index (χ0n) is 6.45. The topological polar surface area (TPSA) is 56.2 Å². The van der Waals surface area contributed by atoms with E-state index in [9.17, 15) is 4.39 Å². The second-order valence-electron chi connectivity index (χ2n) is 2.58. The molecule has 0 radical (unpaired) electrons. The first-order valence-corrected chi connectivity index (χ1v) is 3.45. The molecule has 4 nitrogen and oxygen atoms in total. The van der Waals surface area contributed by atoms with Crippen LogP contribution in [-0.2, 0) is 0 Å². The maximum atomic E-state index is 12.9. The van der Waals surface area contributed by atoms with Crippen LogP contribution in [0.15, 0.2) is 12.3 Å². The van der Waals surface area contributed by atoms with Crippen molar-refractivity contribution in [2.75, 3.05) is 5.73 Å². The maximum Gasteiger partial charge on any atom is 0.240 e. The minimum atomic E-state index is -0.313. The first-order chi connectivity index (χ1) is 5.66. The van der Waals surface area contributed by atoms with Gasteiger partial charge in [-0.1, -0.05) is 0 Å². The molecule has 0 saturated heterocycles. The summed E-state index contributed by atoms with van der Waals surface area (Å²) in [5.74, 6) is -0.160. The Kier molecular flexibility index (Phi) is 1.27. The Morgan fingerprint density at radius 3 is 3.08 bits per heavy atom. The predicted octanol–water partition coefficient (Wildman–Crippen LogP) is 0.759. The molecular weight excluding hydrogens is 159 g/mol. The molecule has 2 heterocycles. The van der Waals surface area contributed by atoms with Crippen LogP contribution < -0.4 is 5.73 Å². The lowest BCUT2D eigenvalue weighted by atomic mass is 10.3. The van der Waals surface area contributed by atoms with Crippen molar-refractivity contribution in [3.63, 3.8) is 0 Å². The molecule has 0 aromatic carbocycles. The summed E-state index contributed by atoms with van der Waals surface area (Å²) in [6.07, 6.45) is 1.26. The molecule has 0 aliphatic carbocycles. The highest BCUT2D eigenvalue weighted by atomic mass is 19.1. The second-order valence-corrected chi connectivity index (χ2v) is 2.58. The summed E-state index contributed by atoms with van der Waals surface area (Å²) in [5, 5.41) is 3.76. The van der Waals surface area contributed by atoms with Crippen LogP contribution in [0.5, 0.6) is 0 Å². The van der Waals surface area contributed by atoms with E-state index in [0.29, 0.717) is 11.2 Å². The monoisotopic (exact) mass is 166 g/mol. The average Bonchev–Trinajstić information content (AvgIpc) is 2.30. The fraction of sp³-hybridized carbons (Fsp3) is 0.143. The zero-order valence-corrected chi connectivity index (χ0v) is 6.45. The van der Waals surface area contributed by atoms with Gasteiger partial charge >= 0.3 is 0 Å². The summed E-state index contributed by atoms with van der Waals surface area (Å²) < 4.78 is 14.2. The SMILES string of the molecule is Cc1cc2nc(N)nn2cc1F. The summed E-state index contributed by atoms with van der Waals surface area (Å²) in [6, 6.07) is 1.60. The molecule has 2 aromatic heterocycles. The number of nitrogens with zero attached hydrogens (tertiary/aromatic N) is 3. The van der Waals surface area contributed by atoms with Crippen molar-refractivity contribution < 1.29 is 4.39 Å². The number of hydrogen-bond acceptors (Lipinski definition) is 3. The molecule has 0 aliphatic heterocycles. The number of nitrogens with two attached hydrogens (primary N) is 1. The van der Waals surface area contributed by atoms with Crippen molar-refractivity contribution in [3.05, 3.63) is 23.6 Å². The van der Waals surface area contributed by atoms with Crippen LogP contribution in [0.2, 0.25) is 0 Å². The van der Waals surface area contributed by atoms with Gasteiger partial charge in [0.15, 0.2) is 5.65 Å².